The van der Waals surface area contributed by atoms with E-state index in [9.17, 15) is 9.13 Å². The monoisotopic (exact) mass is 250 g/mol. The van der Waals surface area contributed by atoms with Gasteiger partial charge < -0.3 is 19.6 Å². The summed E-state index contributed by atoms with van der Waals surface area (Å²) in [7, 11) is -9.62. The molecule has 70 valence electrons. The van der Waals surface area contributed by atoms with Crippen LogP contribution in [0, 0.1) is 0 Å². The second-order valence-corrected chi connectivity index (χ2v) is 6.19. The third-order valence-electron chi connectivity index (χ3n) is 0.712. The molecule has 12 heavy (non-hydrogen) atoms. The fourth-order valence-corrected chi connectivity index (χ4v) is 2.24. The summed E-state index contributed by atoms with van der Waals surface area (Å²) in [4.78, 5) is 33.4. The maximum atomic E-state index is 10.3. The zero-order valence-electron chi connectivity index (χ0n) is 5.32. The van der Waals surface area contributed by atoms with E-state index in [1.54, 1.807) is 0 Å². The molecule has 10 heteroatoms. The van der Waals surface area contributed by atoms with E-state index < -0.39 is 24.4 Å². The smallest absolute Gasteiger partial charge is 0.320 e. The molecule has 0 aromatic heterocycles. The molecule has 0 aliphatic rings. The van der Waals surface area contributed by atoms with E-state index in [1.807, 2.05) is 0 Å². The van der Waals surface area contributed by atoms with E-state index in [1.165, 1.54) is 0 Å². The summed E-state index contributed by atoms with van der Waals surface area (Å²) in [6, 6.07) is 0. The lowest BCUT2D eigenvalue weighted by atomic mass is 10.9. The molecule has 0 atom stereocenters. The average Bonchev–Trinajstić information content (AvgIpc) is 1.80. The molecular formula is C2H4O6P2S2. The van der Waals surface area contributed by atoms with Crippen molar-refractivity contribution >= 4 is 48.8 Å². The summed E-state index contributed by atoms with van der Waals surface area (Å²) in [6.45, 7) is 0. The lowest BCUT2D eigenvalue weighted by molar-refractivity contribution is 0.387. The molecule has 0 aromatic rings. The van der Waals surface area contributed by atoms with Gasteiger partial charge in [0.2, 0.25) is 0 Å². The maximum absolute atomic E-state index is 10.3. The lowest BCUT2D eigenvalue weighted by Gasteiger charge is -2.07. The molecule has 0 heterocycles. The summed E-state index contributed by atoms with van der Waals surface area (Å²) < 4.78 is 18.3. The van der Waals surface area contributed by atoms with Gasteiger partial charge in [-0.05, 0) is 0 Å². The van der Waals surface area contributed by atoms with Gasteiger partial charge in [0.25, 0.3) is 0 Å². The largest absolute Gasteiger partial charge is 0.368 e. The molecule has 0 amide bonds. The molecule has 0 unspecified atom stereocenters. The van der Waals surface area contributed by atoms with Crippen LogP contribution < -0.4 is 0 Å². The summed E-state index contributed by atoms with van der Waals surface area (Å²) in [6.07, 6.45) is 0. The van der Waals surface area contributed by atoms with Gasteiger partial charge in [-0.1, -0.05) is 24.4 Å². The zero-order chi connectivity index (χ0) is 10.2. The van der Waals surface area contributed by atoms with Gasteiger partial charge in [0.05, 0.1) is 0 Å². The number of thiocarbonyl (C=S) groups is 2. The van der Waals surface area contributed by atoms with Crippen LogP contribution in [0.5, 0.6) is 0 Å². The van der Waals surface area contributed by atoms with Gasteiger partial charge in [0.15, 0.2) is 9.21 Å². The van der Waals surface area contributed by atoms with Crippen molar-refractivity contribution in [2.75, 3.05) is 0 Å². The van der Waals surface area contributed by atoms with Crippen LogP contribution in [-0.2, 0) is 9.13 Å². The third-order valence-corrected chi connectivity index (χ3v) is 4.66. The first kappa shape index (κ1) is 12.5. The van der Waals surface area contributed by atoms with Crippen molar-refractivity contribution in [1.29, 1.82) is 0 Å². The average molecular weight is 250 g/mol. The Labute approximate surface area is 77.9 Å². The van der Waals surface area contributed by atoms with Gasteiger partial charge in [-0.25, -0.2) is 0 Å². The van der Waals surface area contributed by atoms with Crippen molar-refractivity contribution < 1.29 is 28.7 Å². The van der Waals surface area contributed by atoms with Gasteiger partial charge in [-0.3, -0.25) is 9.13 Å². The second kappa shape index (κ2) is 3.69. The van der Waals surface area contributed by atoms with Crippen LogP contribution in [0.25, 0.3) is 0 Å². The second-order valence-electron chi connectivity index (χ2n) is 1.70. The van der Waals surface area contributed by atoms with E-state index in [2.05, 4.69) is 24.4 Å². The Kier molecular flexibility index (Phi) is 3.84. The van der Waals surface area contributed by atoms with Crippen molar-refractivity contribution in [1.82, 2.24) is 0 Å². The molecular weight excluding hydrogens is 246 g/mol. The SMILES string of the molecule is O=P(O)(O)C(=S)C(=S)P(=O)(O)O. The van der Waals surface area contributed by atoms with Crippen LogP contribution in [0.2, 0.25) is 0 Å². The number of rotatable bonds is 3. The van der Waals surface area contributed by atoms with E-state index in [-0.39, 0.29) is 0 Å². The standard InChI is InChI=1S/C2H4O6P2S2/c3-9(4,5)1(11)2(12)10(6,7)8/h(H2,3,4,5)(H2,6,7,8). The Hall–Kier alpha value is 0.480. The van der Waals surface area contributed by atoms with Gasteiger partial charge in [0, 0.05) is 0 Å². The van der Waals surface area contributed by atoms with E-state index in [0.29, 0.717) is 0 Å². The van der Waals surface area contributed by atoms with Gasteiger partial charge in [-0.15, -0.1) is 0 Å². The van der Waals surface area contributed by atoms with Crippen molar-refractivity contribution in [3.8, 4) is 0 Å². The third kappa shape index (κ3) is 3.47. The van der Waals surface area contributed by atoms with Crippen molar-refractivity contribution in [3.05, 3.63) is 0 Å². The molecule has 0 saturated carbocycles. The number of hydrogen-bond donors (Lipinski definition) is 4. The van der Waals surface area contributed by atoms with Crippen LogP contribution in [-0.4, -0.2) is 28.8 Å². The van der Waals surface area contributed by atoms with E-state index in [4.69, 9.17) is 19.6 Å². The normalized spacial score (nSPS) is 12.7. The molecule has 0 fully saturated rings. The fourth-order valence-electron chi connectivity index (χ4n) is 0.249. The molecule has 4 N–H and O–H groups in total. The zero-order valence-corrected chi connectivity index (χ0v) is 8.74. The molecule has 0 radical (unpaired) electrons. The van der Waals surface area contributed by atoms with Gasteiger partial charge in [0.1, 0.15) is 0 Å². The predicted molar refractivity (Wildman–Crippen MR) is 49.3 cm³/mol. The Morgan fingerprint density at radius 2 is 1.00 bits per heavy atom. The highest BCUT2D eigenvalue weighted by Crippen LogP contribution is 2.47. The molecule has 0 aliphatic carbocycles. The first-order chi connectivity index (χ1) is 5.07. The Morgan fingerprint density at radius 1 is 0.833 bits per heavy atom. The summed E-state index contributed by atoms with van der Waals surface area (Å²) >= 11 is 8.13. The minimum atomic E-state index is -4.81. The fraction of sp³-hybridized carbons (Fsp3) is 0. The highest BCUT2D eigenvalue weighted by atomic mass is 32.1. The van der Waals surface area contributed by atoms with Gasteiger partial charge in [-0.2, -0.15) is 0 Å². The lowest BCUT2D eigenvalue weighted by Crippen LogP contribution is -2.09. The van der Waals surface area contributed by atoms with Crippen LogP contribution in [0.1, 0.15) is 0 Å². The predicted octanol–water partition coefficient (Wildman–Crippen LogP) is -0.00340. The molecule has 0 spiro atoms. The first-order valence-electron chi connectivity index (χ1n) is 2.27. The van der Waals surface area contributed by atoms with Crippen LogP contribution in [0.4, 0.5) is 0 Å². The summed E-state index contributed by atoms with van der Waals surface area (Å²) in [5, 5.41) is 0. The Balaban J connectivity index is 4.91. The van der Waals surface area contributed by atoms with Crippen molar-refractivity contribution in [3.63, 3.8) is 0 Å². The minimum Gasteiger partial charge on any atom is -0.320 e. The Morgan fingerprint density at radius 3 is 1.08 bits per heavy atom. The molecule has 0 rings (SSSR count). The van der Waals surface area contributed by atoms with E-state index in [0.717, 1.165) is 0 Å². The highest BCUT2D eigenvalue weighted by Gasteiger charge is 2.34. The van der Waals surface area contributed by atoms with Gasteiger partial charge >= 0.3 is 15.2 Å². The Bertz CT molecular complexity index is 278. The quantitative estimate of drug-likeness (QED) is 0.408. The van der Waals surface area contributed by atoms with Crippen LogP contribution in [0.15, 0.2) is 0 Å². The highest BCUT2D eigenvalue weighted by molar-refractivity contribution is 8.12. The maximum Gasteiger partial charge on any atom is 0.368 e. The molecule has 0 bridgehead atoms. The first-order valence-corrected chi connectivity index (χ1v) is 6.31. The topological polar surface area (TPSA) is 115 Å². The van der Waals surface area contributed by atoms with E-state index >= 15 is 0 Å². The molecule has 0 saturated heterocycles. The number of hydrogen-bond acceptors (Lipinski definition) is 4. The summed E-state index contributed by atoms with van der Waals surface area (Å²) in [5.74, 6) is 0. The molecule has 6 nitrogen and oxygen atoms in total. The summed E-state index contributed by atoms with van der Waals surface area (Å²) in [5.41, 5.74) is 0. The van der Waals surface area contributed by atoms with Crippen LogP contribution in [0.3, 0.4) is 0 Å². The molecule has 0 aromatic carbocycles. The molecule has 0 aliphatic heterocycles. The minimum absolute atomic E-state index is 1.18. The van der Waals surface area contributed by atoms with Crippen molar-refractivity contribution in [2.45, 2.75) is 0 Å². The van der Waals surface area contributed by atoms with Crippen LogP contribution >= 0.6 is 39.6 Å². The van der Waals surface area contributed by atoms with Crippen molar-refractivity contribution in [2.24, 2.45) is 0 Å².